The lowest BCUT2D eigenvalue weighted by Crippen LogP contribution is -2.41. The molecule has 1 aromatic rings. The number of rotatable bonds is 3. The summed E-state index contributed by atoms with van der Waals surface area (Å²) in [6, 6.07) is 4.99. The highest BCUT2D eigenvalue weighted by Gasteiger charge is 2.20. The summed E-state index contributed by atoms with van der Waals surface area (Å²) in [5.41, 5.74) is 0. The minimum Gasteiger partial charge on any atom is -0.468 e. The van der Waals surface area contributed by atoms with Gasteiger partial charge in [-0.2, -0.15) is 11.8 Å². The van der Waals surface area contributed by atoms with Crippen LogP contribution in [-0.2, 0) is 0 Å². The Kier molecular flexibility index (Phi) is 2.42. The largest absolute Gasteiger partial charge is 0.468 e. The Hall–Kier alpha value is -0.410. The summed E-state index contributed by atoms with van der Waals surface area (Å²) in [4.78, 5) is 0. The van der Waals surface area contributed by atoms with Crippen LogP contribution >= 0.6 is 11.8 Å². The molecule has 1 fully saturated rings. The Morgan fingerprint density at radius 2 is 2.50 bits per heavy atom. The summed E-state index contributed by atoms with van der Waals surface area (Å²) in [7, 11) is 0. The standard InChI is InChI=1S/C9H13NOS/c1-7(9-3-2-4-11-9)10-8-5-12-6-8/h2-4,7-8,10H,5-6H2,1H3/t7-/m0/s1. The molecule has 3 heteroatoms. The molecule has 0 aliphatic carbocycles. The van der Waals surface area contributed by atoms with Gasteiger partial charge in [0.1, 0.15) is 5.76 Å². The molecule has 0 radical (unpaired) electrons. The molecule has 0 spiro atoms. The van der Waals surface area contributed by atoms with Crippen LogP contribution in [0.1, 0.15) is 18.7 Å². The van der Waals surface area contributed by atoms with Crippen LogP contribution in [0, 0.1) is 0 Å². The second kappa shape index (κ2) is 3.54. The second-order valence-electron chi connectivity index (χ2n) is 3.14. The zero-order chi connectivity index (χ0) is 8.39. The molecule has 1 aliphatic rings. The van der Waals surface area contributed by atoms with E-state index < -0.39 is 0 Å². The first-order valence-electron chi connectivity index (χ1n) is 4.23. The zero-order valence-electron chi connectivity index (χ0n) is 7.12. The summed E-state index contributed by atoms with van der Waals surface area (Å²) in [5, 5.41) is 3.50. The molecule has 1 aromatic heterocycles. The molecule has 2 rings (SSSR count). The molecule has 0 amide bonds. The van der Waals surface area contributed by atoms with Crippen molar-refractivity contribution < 1.29 is 4.42 Å². The summed E-state index contributed by atoms with van der Waals surface area (Å²) in [5.74, 6) is 3.52. The van der Waals surface area contributed by atoms with Gasteiger partial charge in [0.2, 0.25) is 0 Å². The van der Waals surface area contributed by atoms with E-state index >= 15 is 0 Å². The maximum atomic E-state index is 5.30. The first-order chi connectivity index (χ1) is 5.86. The van der Waals surface area contributed by atoms with Crippen molar-refractivity contribution in [2.24, 2.45) is 0 Å². The first kappa shape index (κ1) is 8.20. The lowest BCUT2D eigenvalue weighted by Gasteiger charge is -2.28. The predicted molar refractivity (Wildman–Crippen MR) is 51.4 cm³/mol. The molecule has 0 aromatic carbocycles. The average Bonchev–Trinajstić information content (AvgIpc) is 2.47. The van der Waals surface area contributed by atoms with Gasteiger partial charge in [0, 0.05) is 17.5 Å². The van der Waals surface area contributed by atoms with Crippen LogP contribution in [-0.4, -0.2) is 17.5 Å². The lowest BCUT2D eigenvalue weighted by atomic mass is 10.2. The third-order valence-electron chi connectivity index (χ3n) is 2.09. The Balaban J connectivity index is 1.87. The molecule has 0 saturated carbocycles. The Morgan fingerprint density at radius 1 is 1.67 bits per heavy atom. The molecule has 2 heterocycles. The van der Waals surface area contributed by atoms with E-state index in [1.807, 2.05) is 23.9 Å². The van der Waals surface area contributed by atoms with E-state index in [0.717, 1.165) is 5.76 Å². The summed E-state index contributed by atoms with van der Waals surface area (Å²) in [6.07, 6.45) is 1.73. The van der Waals surface area contributed by atoms with Gasteiger partial charge in [0.05, 0.1) is 12.3 Å². The van der Waals surface area contributed by atoms with Crippen molar-refractivity contribution in [3.63, 3.8) is 0 Å². The van der Waals surface area contributed by atoms with Crippen LogP contribution in [0.5, 0.6) is 0 Å². The normalized spacial score (nSPS) is 20.4. The van der Waals surface area contributed by atoms with Crippen LogP contribution in [0.4, 0.5) is 0 Å². The molecule has 2 nitrogen and oxygen atoms in total. The van der Waals surface area contributed by atoms with E-state index in [2.05, 4.69) is 12.2 Å². The van der Waals surface area contributed by atoms with Gasteiger partial charge in [-0.3, -0.25) is 0 Å². The van der Waals surface area contributed by atoms with Gasteiger partial charge in [-0.15, -0.1) is 0 Å². The predicted octanol–water partition coefficient (Wildman–Crippen LogP) is 2.05. The number of furan rings is 1. The van der Waals surface area contributed by atoms with Gasteiger partial charge < -0.3 is 9.73 Å². The molecule has 0 bridgehead atoms. The van der Waals surface area contributed by atoms with Gasteiger partial charge in [-0.05, 0) is 19.1 Å². The van der Waals surface area contributed by atoms with E-state index in [1.54, 1.807) is 6.26 Å². The van der Waals surface area contributed by atoms with Crippen LogP contribution in [0.3, 0.4) is 0 Å². The maximum Gasteiger partial charge on any atom is 0.120 e. The van der Waals surface area contributed by atoms with Gasteiger partial charge in [0.25, 0.3) is 0 Å². The van der Waals surface area contributed by atoms with Gasteiger partial charge >= 0.3 is 0 Å². The van der Waals surface area contributed by atoms with Crippen molar-refractivity contribution in [2.75, 3.05) is 11.5 Å². The first-order valence-corrected chi connectivity index (χ1v) is 5.39. The van der Waals surface area contributed by atoms with E-state index in [0.29, 0.717) is 12.1 Å². The van der Waals surface area contributed by atoms with Crippen molar-refractivity contribution in [1.29, 1.82) is 0 Å². The SMILES string of the molecule is C[C@H](NC1CSC1)c1ccco1. The van der Waals surface area contributed by atoms with E-state index in [1.165, 1.54) is 11.5 Å². The van der Waals surface area contributed by atoms with Crippen LogP contribution < -0.4 is 5.32 Å². The fourth-order valence-corrected chi connectivity index (χ4v) is 1.97. The van der Waals surface area contributed by atoms with Gasteiger partial charge in [0.15, 0.2) is 0 Å². The zero-order valence-corrected chi connectivity index (χ0v) is 7.93. The molecule has 1 aliphatic heterocycles. The molecule has 1 atom stereocenters. The van der Waals surface area contributed by atoms with Gasteiger partial charge in [-0.25, -0.2) is 0 Å². The van der Waals surface area contributed by atoms with E-state index in [9.17, 15) is 0 Å². The lowest BCUT2D eigenvalue weighted by molar-refractivity contribution is 0.407. The van der Waals surface area contributed by atoms with Crippen LogP contribution in [0.25, 0.3) is 0 Å². The molecule has 66 valence electrons. The quantitative estimate of drug-likeness (QED) is 0.776. The topological polar surface area (TPSA) is 25.2 Å². The third kappa shape index (κ3) is 1.67. The van der Waals surface area contributed by atoms with Crippen LogP contribution in [0.2, 0.25) is 0 Å². The Morgan fingerprint density at radius 3 is 3.00 bits per heavy atom. The highest BCUT2D eigenvalue weighted by atomic mass is 32.2. The molecule has 12 heavy (non-hydrogen) atoms. The van der Waals surface area contributed by atoms with Crippen LogP contribution in [0.15, 0.2) is 22.8 Å². The molecule has 1 N–H and O–H groups in total. The highest BCUT2D eigenvalue weighted by molar-refractivity contribution is 8.00. The highest BCUT2D eigenvalue weighted by Crippen LogP contribution is 2.21. The minimum atomic E-state index is 0.353. The van der Waals surface area contributed by atoms with Crippen molar-refractivity contribution in [3.8, 4) is 0 Å². The Bertz CT molecular complexity index is 231. The fourth-order valence-electron chi connectivity index (χ4n) is 1.31. The summed E-state index contributed by atoms with van der Waals surface area (Å²) in [6.45, 7) is 2.14. The molecular formula is C9H13NOS. The monoisotopic (exact) mass is 183 g/mol. The average molecular weight is 183 g/mol. The van der Waals surface area contributed by atoms with Crippen molar-refractivity contribution in [1.82, 2.24) is 5.32 Å². The Labute approximate surface area is 76.7 Å². The van der Waals surface area contributed by atoms with E-state index in [-0.39, 0.29) is 0 Å². The smallest absolute Gasteiger partial charge is 0.120 e. The second-order valence-corrected chi connectivity index (χ2v) is 4.21. The summed E-state index contributed by atoms with van der Waals surface area (Å²) < 4.78 is 5.30. The number of thioether (sulfide) groups is 1. The number of hydrogen-bond acceptors (Lipinski definition) is 3. The maximum absolute atomic E-state index is 5.30. The summed E-state index contributed by atoms with van der Waals surface area (Å²) >= 11 is 1.99. The van der Waals surface area contributed by atoms with E-state index in [4.69, 9.17) is 4.42 Å². The van der Waals surface area contributed by atoms with Crippen molar-refractivity contribution in [2.45, 2.75) is 19.0 Å². The number of nitrogens with one attached hydrogen (secondary N) is 1. The van der Waals surface area contributed by atoms with Crippen molar-refractivity contribution >= 4 is 11.8 Å². The minimum absolute atomic E-state index is 0.353. The van der Waals surface area contributed by atoms with Gasteiger partial charge in [-0.1, -0.05) is 0 Å². The fraction of sp³-hybridized carbons (Fsp3) is 0.556. The molecular weight excluding hydrogens is 170 g/mol. The molecule has 1 saturated heterocycles. The molecule has 0 unspecified atom stereocenters. The van der Waals surface area contributed by atoms with Crippen molar-refractivity contribution in [3.05, 3.63) is 24.2 Å². The number of hydrogen-bond donors (Lipinski definition) is 1. The third-order valence-corrected chi connectivity index (χ3v) is 3.37.